The zero-order chi connectivity index (χ0) is 9.23. The van der Waals surface area contributed by atoms with Gasteiger partial charge in [0.25, 0.3) is 0 Å². The number of hydrogen-bond acceptors (Lipinski definition) is 2. The van der Waals surface area contributed by atoms with Crippen LogP contribution in [0.15, 0.2) is 0 Å². The van der Waals surface area contributed by atoms with Crippen molar-refractivity contribution in [3.05, 3.63) is 0 Å². The normalized spacial score (nSPS) is 13.2. The molecule has 0 spiro atoms. The molecule has 0 aromatic carbocycles. The topological polar surface area (TPSA) is 24.1 Å². The van der Waals surface area contributed by atoms with Gasteiger partial charge < -0.3 is 10.6 Å². The highest BCUT2D eigenvalue weighted by molar-refractivity contribution is 4.61. The van der Waals surface area contributed by atoms with Gasteiger partial charge in [0.1, 0.15) is 0 Å². The molecule has 0 amide bonds. The minimum Gasteiger partial charge on any atom is -0.320 e. The monoisotopic (exact) mass is 172 g/mol. The van der Waals surface area contributed by atoms with Crippen molar-refractivity contribution in [2.24, 2.45) is 0 Å². The van der Waals surface area contributed by atoms with Gasteiger partial charge in [-0.1, -0.05) is 19.8 Å². The van der Waals surface area contributed by atoms with E-state index in [4.69, 9.17) is 0 Å². The number of rotatable bonds is 8. The van der Waals surface area contributed by atoms with E-state index in [1.165, 1.54) is 32.2 Å². The van der Waals surface area contributed by atoms with Gasteiger partial charge in [0, 0.05) is 6.04 Å². The lowest BCUT2D eigenvalue weighted by Gasteiger charge is -2.12. The fourth-order valence-corrected chi connectivity index (χ4v) is 1.19. The molecule has 0 aliphatic carbocycles. The van der Waals surface area contributed by atoms with E-state index in [9.17, 15) is 0 Å². The Hall–Kier alpha value is -0.0800. The molecule has 0 aliphatic heterocycles. The van der Waals surface area contributed by atoms with Crippen molar-refractivity contribution in [2.75, 3.05) is 20.1 Å². The van der Waals surface area contributed by atoms with Crippen molar-refractivity contribution in [1.82, 2.24) is 10.6 Å². The number of nitrogens with one attached hydrogen (secondary N) is 2. The van der Waals surface area contributed by atoms with Crippen LogP contribution in [-0.4, -0.2) is 26.2 Å². The standard InChI is InChI=1S/C10H24N2/c1-4-5-6-8-12-10(2)7-9-11-3/h10-12H,4-9H2,1-3H3. The Bertz CT molecular complexity index is 83.9. The predicted octanol–water partition coefficient (Wildman–Crippen LogP) is 1.76. The van der Waals surface area contributed by atoms with Gasteiger partial charge >= 0.3 is 0 Å². The smallest absolute Gasteiger partial charge is 0.00508 e. The summed E-state index contributed by atoms with van der Waals surface area (Å²) in [5.74, 6) is 0. The van der Waals surface area contributed by atoms with Crippen molar-refractivity contribution >= 4 is 0 Å². The molecule has 74 valence electrons. The summed E-state index contributed by atoms with van der Waals surface area (Å²) in [6, 6.07) is 0.661. The van der Waals surface area contributed by atoms with Crippen LogP contribution < -0.4 is 10.6 Å². The summed E-state index contributed by atoms with van der Waals surface area (Å²) < 4.78 is 0. The summed E-state index contributed by atoms with van der Waals surface area (Å²) in [5.41, 5.74) is 0. The highest BCUT2D eigenvalue weighted by Gasteiger charge is 1.98. The van der Waals surface area contributed by atoms with Crippen LogP contribution in [0.25, 0.3) is 0 Å². The van der Waals surface area contributed by atoms with Crippen LogP contribution >= 0.6 is 0 Å². The first-order chi connectivity index (χ1) is 5.81. The minimum absolute atomic E-state index is 0.661. The first kappa shape index (κ1) is 11.9. The second-order valence-electron chi connectivity index (χ2n) is 3.45. The minimum atomic E-state index is 0.661. The first-order valence-corrected chi connectivity index (χ1v) is 5.19. The summed E-state index contributed by atoms with van der Waals surface area (Å²) >= 11 is 0. The number of unbranched alkanes of at least 4 members (excludes halogenated alkanes) is 2. The van der Waals surface area contributed by atoms with E-state index in [0.717, 1.165) is 6.54 Å². The van der Waals surface area contributed by atoms with Gasteiger partial charge in [-0.15, -0.1) is 0 Å². The van der Waals surface area contributed by atoms with E-state index in [-0.39, 0.29) is 0 Å². The zero-order valence-corrected chi connectivity index (χ0v) is 8.82. The van der Waals surface area contributed by atoms with Crippen molar-refractivity contribution in [3.63, 3.8) is 0 Å². The highest BCUT2D eigenvalue weighted by atomic mass is 14.9. The van der Waals surface area contributed by atoms with Crippen LogP contribution in [0.3, 0.4) is 0 Å². The molecule has 0 heterocycles. The van der Waals surface area contributed by atoms with E-state index in [2.05, 4.69) is 24.5 Å². The Balaban J connectivity index is 3.02. The molecule has 1 atom stereocenters. The van der Waals surface area contributed by atoms with E-state index in [0.29, 0.717) is 6.04 Å². The molecule has 1 unspecified atom stereocenters. The maximum Gasteiger partial charge on any atom is 0.00508 e. The molecule has 0 aromatic rings. The molecule has 0 rings (SSSR count). The molecule has 12 heavy (non-hydrogen) atoms. The maximum absolute atomic E-state index is 3.51. The largest absolute Gasteiger partial charge is 0.320 e. The van der Waals surface area contributed by atoms with Gasteiger partial charge in [0.15, 0.2) is 0 Å². The second kappa shape index (κ2) is 9.01. The summed E-state index contributed by atoms with van der Waals surface area (Å²) in [6.45, 7) is 6.79. The third-order valence-corrected chi connectivity index (χ3v) is 2.10. The fraction of sp³-hybridized carbons (Fsp3) is 1.00. The van der Waals surface area contributed by atoms with E-state index in [1.54, 1.807) is 0 Å². The summed E-state index contributed by atoms with van der Waals surface area (Å²) in [5, 5.41) is 6.67. The Labute approximate surface area is 77.1 Å². The van der Waals surface area contributed by atoms with Crippen LogP contribution in [0.5, 0.6) is 0 Å². The van der Waals surface area contributed by atoms with Crippen LogP contribution in [0, 0.1) is 0 Å². The lowest BCUT2D eigenvalue weighted by atomic mass is 10.2. The summed E-state index contributed by atoms with van der Waals surface area (Å²) in [4.78, 5) is 0. The van der Waals surface area contributed by atoms with Gasteiger partial charge in [0.05, 0.1) is 0 Å². The lowest BCUT2D eigenvalue weighted by Crippen LogP contribution is -2.29. The van der Waals surface area contributed by atoms with Crippen LogP contribution in [0.2, 0.25) is 0 Å². The molecule has 0 aliphatic rings. The third kappa shape index (κ3) is 8.02. The number of hydrogen-bond donors (Lipinski definition) is 2. The van der Waals surface area contributed by atoms with Crippen LogP contribution in [0.1, 0.15) is 39.5 Å². The first-order valence-electron chi connectivity index (χ1n) is 5.19. The van der Waals surface area contributed by atoms with Crippen molar-refractivity contribution in [3.8, 4) is 0 Å². The van der Waals surface area contributed by atoms with Gasteiger partial charge in [-0.2, -0.15) is 0 Å². The van der Waals surface area contributed by atoms with Crippen molar-refractivity contribution in [2.45, 2.75) is 45.6 Å². The fourth-order valence-electron chi connectivity index (χ4n) is 1.19. The highest BCUT2D eigenvalue weighted by Crippen LogP contribution is 1.93. The van der Waals surface area contributed by atoms with Gasteiger partial charge in [-0.05, 0) is 39.9 Å². The van der Waals surface area contributed by atoms with E-state index < -0.39 is 0 Å². The molecule has 0 bridgehead atoms. The predicted molar refractivity (Wildman–Crippen MR) is 55.5 cm³/mol. The maximum atomic E-state index is 3.51. The van der Waals surface area contributed by atoms with Gasteiger partial charge in [-0.25, -0.2) is 0 Å². The molecule has 0 aromatic heterocycles. The summed E-state index contributed by atoms with van der Waals surface area (Å²) in [6.07, 6.45) is 5.21. The quantitative estimate of drug-likeness (QED) is 0.545. The Kier molecular flexibility index (Phi) is 8.95. The van der Waals surface area contributed by atoms with Crippen LogP contribution in [0.4, 0.5) is 0 Å². The molecular formula is C10H24N2. The van der Waals surface area contributed by atoms with Crippen molar-refractivity contribution < 1.29 is 0 Å². The summed E-state index contributed by atoms with van der Waals surface area (Å²) in [7, 11) is 2.00. The average molecular weight is 172 g/mol. The van der Waals surface area contributed by atoms with Gasteiger partial charge in [0.2, 0.25) is 0 Å². The van der Waals surface area contributed by atoms with E-state index >= 15 is 0 Å². The molecule has 2 nitrogen and oxygen atoms in total. The van der Waals surface area contributed by atoms with Crippen molar-refractivity contribution in [1.29, 1.82) is 0 Å². The Morgan fingerprint density at radius 2 is 1.92 bits per heavy atom. The zero-order valence-electron chi connectivity index (χ0n) is 8.82. The Morgan fingerprint density at radius 1 is 1.17 bits per heavy atom. The van der Waals surface area contributed by atoms with Crippen LogP contribution in [-0.2, 0) is 0 Å². The SMILES string of the molecule is CCCCCNC(C)CCNC. The lowest BCUT2D eigenvalue weighted by molar-refractivity contribution is 0.490. The molecule has 0 saturated heterocycles. The third-order valence-electron chi connectivity index (χ3n) is 2.10. The second-order valence-corrected chi connectivity index (χ2v) is 3.45. The Morgan fingerprint density at radius 3 is 2.50 bits per heavy atom. The molecular weight excluding hydrogens is 148 g/mol. The molecule has 0 fully saturated rings. The average Bonchev–Trinajstić information content (AvgIpc) is 2.09. The molecule has 2 N–H and O–H groups in total. The van der Waals surface area contributed by atoms with E-state index in [1.807, 2.05) is 7.05 Å². The van der Waals surface area contributed by atoms with Gasteiger partial charge in [-0.3, -0.25) is 0 Å². The molecule has 0 saturated carbocycles. The molecule has 0 radical (unpaired) electrons. The molecule has 2 heteroatoms.